The molecule has 0 atom stereocenters. The van der Waals surface area contributed by atoms with Gasteiger partial charge in [0.15, 0.2) is 0 Å². The van der Waals surface area contributed by atoms with Gasteiger partial charge in [0.25, 0.3) is 11.9 Å². The minimum Gasteiger partial charge on any atom is -0.497 e. The predicted molar refractivity (Wildman–Crippen MR) is 83.4 cm³/mol. The standard InChI is InChI=1S/C14H14N4O3S/c1-20-7-12(19)15-13-16-14-18(17-13)11(8-22-14)9-4-3-5-10(6-9)21-2/h3-6,8H,7H2,1-2H3,(H,15,17,19). The summed E-state index contributed by atoms with van der Waals surface area (Å²) < 4.78 is 11.7. The van der Waals surface area contributed by atoms with E-state index in [-0.39, 0.29) is 18.5 Å². The number of thiazole rings is 1. The molecule has 3 rings (SSSR count). The molecule has 0 aliphatic rings. The summed E-state index contributed by atoms with van der Waals surface area (Å²) in [5.41, 5.74) is 1.85. The summed E-state index contributed by atoms with van der Waals surface area (Å²) in [5, 5.41) is 8.87. The molecule has 0 radical (unpaired) electrons. The Morgan fingerprint density at radius 1 is 1.41 bits per heavy atom. The number of carbonyl (C=O) groups excluding carboxylic acids is 1. The van der Waals surface area contributed by atoms with E-state index in [9.17, 15) is 4.79 Å². The molecule has 1 N–H and O–H groups in total. The largest absolute Gasteiger partial charge is 0.497 e. The molecule has 1 aromatic carbocycles. The number of fused-ring (bicyclic) bond motifs is 1. The number of benzene rings is 1. The first-order chi connectivity index (χ1) is 10.7. The summed E-state index contributed by atoms with van der Waals surface area (Å²) in [4.78, 5) is 16.5. The van der Waals surface area contributed by atoms with E-state index in [0.29, 0.717) is 4.96 Å². The van der Waals surface area contributed by atoms with Crippen LogP contribution in [0.25, 0.3) is 16.2 Å². The lowest BCUT2D eigenvalue weighted by Gasteiger charge is -2.03. The Balaban J connectivity index is 1.94. The quantitative estimate of drug-likeness (QED) is 0.779. The monoisotopic (exact) mass is 318 g/mol. The molecule has 114 valence electrons. The van der Waals surface area contributed by atoms with Gasteiger partial charge in [-0.1, -0.05) is 12.1 Å². The molecule has 8 heteroatoms. The van der Waals surface area contributed by atoms with Gasteiger partial charge in [0.2, 0.25) is 4.96 Å². The molecule has 2 heterocycles. The van der Waals surface area contributed by atoms with Crippen molar-refractivity contribution in [3.05, 3.63) is 29.6 Å². The van der Waals surface area contributed by atoms with Crippen LogP contribution in [0.3, 0.4) is 0 Å². The molecular formula is C14H14N4O3S. The number of amides is 1. The first-order valence-corrected chi connectivity index (χ1v) is 7.36. The molecule has 7 nitrogen and oxygen atoms in total. The summed E-state index contributed by atoms with van der Waals surface area (Å²) in [6.45, 7) is -0.0321. The van der Waals surface area contributed by atoms with Crippen molar-refractivity contribution in [2.24, 2.45) is 0 Å². The smallest absolute Gasteiger partial charge is 0.252 e. The highest BCUT2D eigenvalue weighted by atomic mass is 32.1. The van der Waals surface area contributed by atoms with E-state index in [2.05, 4.69) is 15.4 Å². The number of anilines is 1. The zero-order valence-electron chi connectivity index (χ0n) is 12.1. The fraction of sp³-hybridized carbons (Fsp3) is 0.214. The molecule has 2 aromatic heterocycles. The molecule has 0 saturated heterocycles. The van der Waals surface area contributed by atoms with Crippen molar-refractivity contribution in [3.63, 3.8) is 0 Å². The zero-order chi connectivity index (χ0) is 15.5. The lowest BCUT2D eigenvalue weighted by atomic mass is 10.2. The number of aromatic nitrogens is 3. The normalized spacial score (nSPS) is 10.8. The van der Waals surface area contributed by atoms with Crippen molar-refractivity contribution in [2.45, 2.75) is 0 Å². The Morgan fingerprint density at radius 2 is 2.27 bits per heavy atom. The second-order valence-electron chi connectivity index (χ2n) is 4.46. The Labute approximate surface area is 130 Å². The molecule has 0 spiro atoms. The molecule has 0 bridgehead atoms. The van der Waals surface area contributed by atoms with E-state index in [1.807, 2.05) is 29.6 Å². The maximum atomic E-state index is 11.5. The van der Waals surface area contributed by atoms with E-state index in [1.165, 1.54) is 18.4 Å². The molecule has 1 amide bonds. The minimum absolute atomic E-state index is 0.0321. The SMILES string of the molecule is COCC(=O)Nc1nc2scc(-c3cccc(OC)c3)n2n1. The van der Waals surface area contributed by atoms with Gasteiger partial charge in [0.1, 0.15) is 12.4 Å². The van der Waals surface area contributed by atoms with Gasteiger partial charge in [-0.15, -0.1) is 16.4 Å². The van der Waals surface area contributed by atoms with Crippen molar-refractivity contribution in [2.75, 3.05) is 26.1 Å². The second kappa shape index (κ2) is 6.12. The average molecular weight is 318 g/mol. The summed E-state index contributed by atoms with van der Waals surface area (Å²) in [5.74, 6) is 0.743. The van der Waals surface area contributed by atoms with Crippen molar-refractivity contribution in [3.8, 4) is 17.0 Å². The van der Waals surface area contributed by atoms with Gasteiger partial charge in [0.05, 0.1) is 12.8 Å². The van der Waals surface area contributed by atoms with Crippen LogP contribution >= 0.6 is 11.3 Å². The zero-order valence-corrected chi connectivity index (χ0v) is 12.9. The number of methoxy groups -OCH3 is 2. The molecule has 0 unspecified atom stereocenters. The Bertz CT molecular complexity index is 811. The van der Waals surface area contributed by atoms with Gasteiger partial charge < -0.3 is 9.47 Å². The van der Waals surface area contributed by atoms with Crippen LogP contribution in [0.1, 0.15) is 0 Å². The van der Waals surface area contributed by atoms with Gasteiger partial charge in [0, 0.05) is 18.1 Å². The third kappa shape index (κ3) is 2.78. The predicted octanol–water partition coefficient (Wildman–Crippen LogP) is 2.05. The molecule has 0 saturated carbocycles. The van der Waals surface area contributed by atoms with Crippen LogP contribution in [0.5, 0.6) is 5.75 Å². The number of hydrogen-bond donors (Lipinski definition) is 1. The Kier molecular flexibility index (Phi) is 4.03. The summed E-state index contributed by atoms with van der Waals surface area (Å²) >= 11 is 1.45. The van der Waals surface area contributed by atoms with Crippen molar-refractivity contribution in [1.82, 2.24) is 14.6 Å². The van der Waals surface area contributed by atoms with Crippen LogP contribution < -0.4 is 10.1 Å². The Hall–Kier alpha value is -2.45. The Morgan fingerprint density at radius 3 is 3.05 bits per heavy atom. The van der Waals surface area contributed by atoms with Crippen molar-refractivity contribution in [1.29, 1.82) is 0 Å². The van der Waals surface area contributed by atoms with Crippen LogP contribution in [0.2, 0.25) is 0 Å². The molecule has 0 fully saturated rings. The number of ether oxygens (including phenoxy) is 2. The van der Waals surface area contributed by atoms with Gasteiger partial charge in [-0.05, 0) is 12.1 Å². The van der Waals surface area contributed by atoms with E-state index >= 15 is 0 Å². The lowest BCUT2D eigenvalue weighted by molar-refractivity contribution is -0.119. The maximum Gasteiger partial charge on any atom is 0.252 e. The van der Waals surface area contributed by atoms with E-state index < -0.39 is 0 Å². The van der Waals surface area contributed by atoms with Crippen LogP contribution in [0.4, 0.5) is 5.95 Å². The summed E-state index contributed by atoms with van der Waals surface area (Å²) in [7, 11) is 3.08. The molecule has 0 aliphatic carbocycles. The van der Waals surface area contributed by atoms with Gasteiger partial charge in [-0.25, -0.2) is 4.52 Å². The highest BCUT2D eigenvalue weighted by molar-refractivity contribution is 7.15. The fourth-order valence-corrected chi connectivity index (χ4v) is 2.84. The van der Waals surface area contributed by atoms with Gasteiger partial charge >= 0.3 is 0 Å². The van der Waals surface area contributed by atoms with E-state index in [4.69, 9.17) is 9.47 Å². The molecule has 0 aliphatic heterocycles. The number of nitrogens with one attached hydrogen (secondary N) is 1. The van der Waals surface area contributed by atoms with Gasteiger partial charge in [-0.3, -0.25) is 10.1 Å². The third-order valence-corrected chi connectivity index (χ3v) is 3.79. The van der Waals surface area contributed by atoms with Crippen LogP contribution in [-0.2, 0) is 9.53 Å². The fourth-order valence-electron chi connectivity index (χ4n) is 2.01. The van der Waals surface area contributed by atoms with Crippen LogP contribution in [0, 0.1) is 0 Å². The molecule has 3 aromatic rings. The van der Waals surface area contributed by atoms with Crippen LogP contribution in [0.15, 0.2) is 29.6 Å². The highest BCUT2D eigenvalue weighted by Gasteiger charge is 2.13. The van der Waals surface area contributed by atoms with Crippen LogP contribution in [-0.4, -0.2) is 41.3 Å². The maximum absolute atomic E-state index is 11.5. The number of rotatable bonds is 5. The molecule has 22 heavy (non-hydrogen) atoms. The van der Waals surface area contributed by atoms with E-state index in [0.717, 1.165) is 17.0 Å². The van der Waals surface area contributed by atoms with E-state index in [1.54, 1.807) is 11.6 Å². The highest BCUT2D eigenvalue weighted by Crippen LogP contribution is 2.28. The number of hydrogen-bond acceptors (Lipinski definition) is 6. The number of nitrogens with zero attached hydrogens (tertiary/aromatic N) is 3. The minimum atomic E-state index is -0.288. The lowest BCUT2D eigenvalue weighted by Crippen LogP contribution is -2.18. The van der Waals surface area contributed by atoms with Crippen molar-refractivity contribution >= 4 is 28.2 Å². The summed E-state index contributed by atoms with van der Waals surface area (Å²) in [6.07, 6.45) is 0. The topological polar surface area (TPSA) is 77.8 Å². The van der Waals surface area contributed by atoms with Gasteiger partial charge in [-0.2, -0.15) is 4.98 Å². The number of carbonyl (C=O) groups is 1. The summed E-state index contributed by atoms with van der Waals surface area (Å²) in [6, 6.07) is 7.68. The first kappa shape index (κ1) is 14.5. The first-order valence-electron chi connectivity index (χ1n) is 6.48. The second-order valence-corrected chi connectivity index (χ2v) is 5.30. The van der Waals surface area contributed by atoms with Crippen molar-refractivity contribution < 1.29 is 14.3 Å². The molecular weight excluding hydrogens is 304 g/mol. The third-order valence-electron chi connectivity index (χ3n) is 2.97. The average Bonchev–Trinajstić information content (AvgIpc) is 3.07.